The van der Waals surface area contributed by atoms with Crippen LogP contribution in [0.15, 0.2) is 47.5 Å². The zero-order valence-corrected chi connectivity index (χ0v) is 18.9. The van der Waals surface area contributed by atoms with Gasteiger partial charge in [-0.3, -0.25) is 9.59 Å². The number of amides is 2. The summed E-state index contributed by atoms with van der Waals surface area (Å²) in [4.78, 5) is 40.2. The number of carbonyl (C=O) groups is 3. The predicted molar refractivity (Wildman–Crippen MR) is 117 cm³/mol. The number of carbonyl (C=O) groups excluding carboxylic acids is 3. The van der Waals surface area contributed by atoms with E-state index >= 15 is 0 Å². The van der Waals surface area contributed by atoms with E-state index in [9.17, 15) is 22.8 Å². The van der Waals surface area contributed by atoms with Crippen LogP contribution in [0, 0.1) is 0 Å². The minimum absolute atomic E-state index is 0.0369. The molecule has 1 aliphatic rings. The smallest absolute Gasteiger partial charge is 0.357 e. The van der Waals surface area contributed by atoms with Gasteiger partial charge in [0, 0.05) is 25.4 Å². The van der Waals surface area contributed by atoms with Crippen LogP contribution in [0.5, 0.6) is 0 Å². The first-order valence-electron chi connectivity index (χ1n) is 10.4. The van der Waals surface area contributed by atoms with Crippen LogP contribution >= 0.6 is 0 Å². The molecule has 2 N–H and O–H groups in total. The van der Waals surface area contributed by atoms with E-state index in [0.717, 1.165) is 31.9 Å². The Hall–Kier alpha value is -3.31. The van der Waals surface area contributed by atoms with E-state index in [1.807, 2.05) is 4.72 Å². The molecule has 1 fully saturated rings. The van der Waals surface area contributed by atoms with Crippen LogP contribution in [0.3, 0.4) is 0 Å². The molecule has 0 atom stereocenters. The lowest BCUT2D eigenvalue weighted by molar-refractivity contribution is 0.0310. The summed E-state index contributed by atoms with van der Waals surface area (Å²) in [7, 11) is -2.67. The molecule has 1 aromatic heterocycles. The Kier molecular flexibility index (Phi) is 8.12. The zero-order valence-electron chi connectivity index (χ0n) is 18.1. The summed E-state index contributed by atoms with van der Waals surface area (Å²) in [5, 5.41) is 2.62. The normalized spacial score (nSPS) is 14.0. The maximum atomic E-state index is 12.5. The summed E-state index contributed by atoms with van der Waals surface area (Å²) >= 11 is 0. The number of aromatic nitrogens is 1. The number of pyridine rings is 1. The number of hydrogen-bond donors (Lipinski definition) is 2. The summed E-state index contributed by atoms with van der Waals surface area (Å²) in [6.07, 6.45) is 4.68. The van der Waals surface area contributed by atoms with Gasteiger partial charge in [-0.05, 0) is 62.1 Å². The van der Waals surface area contributed by atoms with Crippen molar-refractivity contribution in [3.8, 4) is 0 Å². The quantitative estimate of drug-likeness (QED) is 0.412. The van der Waals surface area contributed by atoms with Crippen molar-refractivity contribution in [1.29, 1.82) is 0 Å². The molecule has 10 nitrogen and oxygen atoms in total. The average Bonchev–Trinajstić information content (AvgIpc) is 3.32. The molecule has 0 saturated heterocycles. The summed E-state index contributed by atoms with van der Waals surface area (Å²) in [5.41, 5.74) is 0.270. The van der Waals surface area contributed by atoms with Gasteiger partial charge >= 0.3 is 5.97 Å². The molecule has 0 radical (unpaired) electrons. The second-order valence-electron chi connectivity index (χ2n) is 7.45. The van der Waals surface area contributed by atoms with Gasteiger partial charge in [0.05, 0.1) is 17.1 Å². The number of sulfonamides is 1. The average molecular weight is 476 g/mol. The fraction of sp³-hybridized carbons (Fsp3) is 0.364. The Balaban J connectivity index is 1.60. The summed E-state index contributed by atoms with van der Waals surface area (Å²) < 4.78 is 37.2. The van der Waals surface area contributed by atoms with Gasteiger partial charge in [-0.25, -0.2) is 22.9 Å². The summed E-state index contributed by atoms with van der Waals surface area (Å²) in [5.74, 6) is -1.86. The van der Waals surface area contributed by atoms with E-state index in [2.05, 4.69) is 10.3 Å². The van der Waals surface area contributed by atoms with Crippen molar-refractivity contribution in [1.82, 2.24) is 15.0 Å². The van der Waals surface area contributed by atoms with Crippen LogP contribution in [0.25, 0.3) is 0 Å². The van der Waals surface area contributed by atoms with Gasteiger partial charge in [0.2, 0.25) is 0 Å². The van der Waals surface area contributed by atoms with Gasteiger partial charge in [-0.1, -0.05) is 0 Å². The van der Waals surface area contributed by atoms with Crippen molar-refractivity contribution in [3.63, 3.8) is 0 Å². The van der Waals surface area contributed by atoms with Crippen molar-refractivity contribution in [2.75, 3.05) is 20.3 Å². The molecule has 1 saturated carbocycles. The zero-order chi connectivity index (χ0) is 23.8. The number of benzene rings is 1. The first-order chi connectivity index (χ1) is 15.8. The van der Waals surface area contributed by atoms with Crippen molar-refractivity contribution in [2.24, 2.45) is 0 Å². The number of hydrogen-bond acceptors (Lipinski definition) is 8. The number of esters is 1. The van der Waals surface area contributed by atoms with Crippen molar-refractivity contribution >= 4 is 27.8 Å². The minimum Gasteiger partial charge on any atom is -0.458 e. The van der Waals surface area contributed by atoms with Crippen molar-refractivity contribution in [2.45, 2.75) is 36.7 Å². The van der Waals surface area contributed by atoms with Gasteiger partial charge in [-0.15, -0.1) is 0 Å². The lowest BCUT2D eigenvalue weighted by atomic mass is 10.2. The monoisotopic (exact) mass is 475 g/mol. The molecular weight excluding hydrogens is 450 g/mol. The molecular formula is C22H25N3O7S. The molecule has 2 aromatic rings. The molecule has 0 aliphatic heterocycles. The molecule has 11 heteroatoms. The summed E-state index contributed by atoms with van der Waals surface area (Å²) in [6.45, 7) is 0.665. The number of ether oxygens (including phenoxy) is 2. The topological polar surface area (TPSA) is 141 Å². The molecule has 0 spiro atoms. The van der Waals surface area contributed by atoms with E-state index in [4.69, 9.17) is 9.47 Å². The molecule has 33 heavy (non-hydrogen) atoms. The number of nitrogens with zero attached hydrogens (tertiary/aromatic N) is 1. The van der Waals surface area contributed by atoms with Gasteiger partial charge < -0.3 is 14.8 Å². The highest BCUT2D eigenvalue weighted by molar-refractivity contribution is 7.90. The van der Waals surface area contributed by atoms with E-state index in [1.165, 1.54) is 43.5 Å². The highest BCUT2D eigenvalue weighted by Gasteiger charge is 2.22. The van der Waals surface area contributed by atoms with E-state index in [1.54, 1.807) is 0 Å². The highest BCUT2D eigenvalue weighted by Crippen LogP contribution is 2.22. The van der Waals surface area contributed by atoms with Crippen molar-refractivity contribution < 1.29 is 32.3 Å². The number of nitrogens with one attached hydrogen (secondary N) is 2. The molecule has 3 rings (SSSR count). The minimum atomic E-state index is -4.18. The van der Waals surface area contributed by atoms with Gasteiger partial charge in [-0.2, -0.15) is 0 Å². The molecule has 0 bridgehead atoms. The lowest BCUT2D eigenvalue weighted by Crippen LogP contribution is -2.31. The van der Waals surface area contributed by atoms with Crippen LogP contribution in [-0.2, 0) is 19.5 Å². The fourth-order valence-corrected chi connectivity index (χ4v) is 4.24. The van der Waals surface area contributed by atoms with Gasteiger partial charge in [0.25, 0.3) is 21.8 Å². The Morgan fingerprint density at radius 3 is 2.27 bits per heavy atom. The summed E-state index contributed by atoms with van der Waals surface area (Å²) in [6, 6.07) is 7.75. The van der Waals surface area contributed by atoms with Gasteiger partial charge in [0.15, 0.2) is 0 Å². The van der Waals surface area contributed by atoms with E-state index in [-0.39, 0.29) is 33.7 Å². The third-order valence-electron chi connectivity index (χ3n) is 5.06. The van der Waals surface area contributed by atoms with E-state index in [0.29, 0.717) is 13.2 Å². The second-order valence-corrected chi connectivity index (χ2v) is 9.13. The number of methoxy groups -OCH3 is 1. The molecule has 176 valence electrons. The van der Waals surface area contributed by atoms with Crippen LogP contribution in [0.1, 0.15) is 56.9 Å². The van der Waals surface area contributed by atoms with Crippen LogP contribution in [-0.4, -0.2) is 57.6 Å². The molecule has 1 heterocycles. The Morgan fingerprint density at radius 1 is 1.00 bits per heavy atom. The Bertz CT molecular complexity index is 1090. The van der Waals surface area contributed by atoms with Crippen LogP contribution in [0.2, 0.25) is 0 Å². The molecule has 1 aliphatic carbocycles. The van der Waals surface area contributed by atoms with E-state index < -0.39 is 21.9 Å². The first-order valence-corrected chi connectivity index (χ1v) is 11.9. The third-order valence-corrected chi connectivity index (χ3v) is 6.40. The second kappa shape index (κ2) is 11.0. The Morgan fingerprint density at radius 2 is 1.67 bits per heavy atom. The standard InChI is InChI=1S/C22H25N3O7S/c1-31-13-12-23-20(26)15-6-9-18(10-7-15)33(29,30)25-21(27)16-8-11-19(24-14-16)22(28)32-17-4-2-3-5-17/h6-11,14,17H,2-5,12-13H2,1H3,(H,23,26)(H,25,27). The van der Waals surface area contributed by atoms with Gasteiger partial charge in [0.1, 0.15) is 11.8 Å². The SMILES string of the molecule is COCCNC(=O)c1ccc(S(=O)(=O)NC(=O)c2ccc(C(=O)OC3CCCC3)nc2)cc1. The van der Waals surface area contributed by atoms with Crippen LogP contribution < -0.4 is 10.0 Å². The van der Waals surface area contributed by atoms with Crippen molar-refractivity contribution in [3.05, 3.63) is 59.4 Å². The first kappa shape index (κ1) is 24.3. The Labute approximate surface area is 191 Å². The third kappa shape index (κ3) is 6.59. The molecule has 0 unspecified atom stereocenters. The number of rotatable bonds is 9. The van der Waals surface area contributed by atoms with Crippen LogP contribution in [0.4, 0.5) is 0 Å². The lowest BCUT2D eigenvalue weighted by Gasteiger charge is -2.11. The molecule has 1 aromatic carbocycles. The maximum absolute atomic E-state index is 12.5. The predicted octanol–water partition coefficient (Wildman–Crippen LogP) is 1.68. The molecule has 2 amide bonds. The maximum Gasteiger partial charge on any atom is 0.357 e. The largest absolute Gasteiger partial charge is 0.458 e. The highest BCUT2D eigenvalue weighted by atomic mass is 32.2. The fourth-order valence-electron chi connectivity index (χ4n) is 3.26.